The van der Waals surface area contributed by atoms with Crippen molar-refractivity contribution < 1.29 is 9.84 Å². The first-order chi connectivity index (χ1) is 7.63. The van der Waals surface area contributed by atoms with E-state index in [2.05, 4.69) is 19.2 Å². The summed E-state index contributed by atoms with van der Waals surface area (Å²) in [5.74, 6) is 1.58. The van der Waals surface area contributed by atoms with Gasteiger partial charge in [-0.05, 0) is 37.6 Å². The minimum atomic E-state index is -0.366. The van der Waals surface area contributed by atoms with Gasteiger partial charge in [-0.1, -0.05) is 20.8 Å². The topological polar surface area (TPSA) is 41.5 Å². The van der Waals surface area contributed by atoms with E-state index in [1.165, 1.54) is 6.42 Å². The molecule has 1 aliphatic carbocycles. The summed E-state index contributed by atoms with van der Waals surface area (Å²) in [4.78, 5) is 0. The van der Waals surface area contributed by atoms with Crippen LogP contribution in [-0.2, 0) is 4.74 Å². The molecular weight excluding hydrogens is 202 g/mol. The normalized spacial score (nSPS) is 32.6. The van der Waals surface area contributed by atoms with Crippen LogP contribution in [0.1, 0.15) is 40.0 Å². The van der Waals surface area contributed by atoms with Crippen LogP contribution in [0.3, 0.4) is 0 Å². The fourth-order valence-corrected chi connectivity index (χ4v) is 2.27. The fraction of sp³-hybridized carbons (Fsp3) is 1.00. The van der Waals surface area contributed by atoms with Crippen molar-refractivity contribution in [2.45, 2.75) is 52.2 Å². The first-order valence-electron chi connectivity index (χ1n) is 6.63. The number of ether oxygens (including phenoxy) is 1. The van der Waals surface area contributed by atoms with Crippen LogP contribution >= 0.6 is 0 Å². The van der Waals surface area contributed by atoms with Crippen molar-refractivity contribution in [1.29, 1.82) is 0 Å². The molecule has 1 aliphatic rings. The molecular formula is C13H27NO2. The van der Waals surface area contributed by atoms with E-state index in [1.807, 2.05) is 6.92 Å². The summed E-state index contributed by atoms with van der Waals surface area (Å²) >= 11 is 0. The molecule has 0 bridgehead atoms. The lowest BCUT2D eigenvalue weighted by Crippen LogP contribution is -2.34. The summed E-state index contributed by atoms with van der Waals surface area (Å²) < 4.78 is 5.77. The molecule has 1 saturated carbocycles. The van der Waals surface area contributed by atoms with E-state index in [0.717, 1.165) is 31.2 Å². The highest BCUT2D eigenvalue weighted by atomic mass is 16.5. The third-order valence-corrected chi connectivity index (χ3v) is 3.70. The van der Waals surface area contributed by atoms with E-state index in [0.29, 0.717) is 19.3 Å². The molecule has 1 fully saturated rings. The molecule has 3 heteroatoms. The number of aliphatic hydroxyl groups is 1. The highest BCUT2D eigenvalue weighted by Crippen LogP contribution is 2.30. The first kappa shape index (κ1) is 13.9. The molecule has 0 radical (unpaired) electrons. The Kier molecular flexibility index (Phi) is 6.32. The van der Waals surface area contributed by atoms with Crippen molar-refractivity contribution in [2.75, 3.05) is 19.7 Å². The van der Waals surface area contributed by atoms with Gasteiger partial charge in [-0.3, -0.25) is 0 Å². The van der Waals surface area contributed by atoms with E-state index < -0.39 is 0 Å². The molecule has 0 aliphatic heterocycles. The number of hydrogen-bond donors (Lipinski definition) is 2. The molecule has 96 valence electrons. The Morgan fingerprint density at radius 1 is 1.31 bits per heavy atom. The highest BCUT2D eigenvalue weighted by molar-refractivity contribution is 4.76. The van der Waals surface area contributed by atoms with Crippen molar-refractivity contribution in [1.82, 2.24) is 5.32 Å². The second-order valence-corrected chi connectivity index (χ2v) is 5.18. The quantitative estimate of drug-likeness (QED) is 0.730. The predicted molar refractivity (Wildman–Crippen MR) is 66.5 cm³/mol. The third kappa shape index (κ3) is 4.81. The van der Waals surface area contributed by atoms with Crippen molar-refractivity contribution in [3.05, 3.63) is 0 Å². The minimum Gasteiger partial charge on any atom is -0.389 e. The first-order valence-corrected chi connectivity index (χ1v) is 6.63. The number of likely N-dealkylation sites (N-methyl/N-ethyl adjacent to an activating group) is 1. The van der Waals surface area contributed by atoms with Gasteiger partial charge in [0, 0.05) is 6.54 Å². The van der Waals surface area contributed by atoms with Crippen LogP contribution < -0.4 is 5.32 Å². The molecule has 1 rings (SSSR count). The van der Waals surface area contributed by atoms with Crippen LogP contribution in [0.2, 0.25) is 0 Å². The number of rotatable bonds is 6. The lowest BCUT2D eigenvalue weighted by molar-refractivity contribution is -0.0380. The van der Waals surface area contributed by atoms with E-state index >= 15 is 0 Å². The van der Waals surface area contributed by atoms with Gasteiger partial charge in [-0.25, -0.2) is 0 Å². The van der Waals surface area contributed by atoms with Gasteiger partial charge in [0.2, 0.25) is 0 Å². The Bertz CT molecular complexity index is 187. The van der Waals surface area contributed by atoms with Gasteiger partial charge in [0.15, 0.2) is 0 Å². The molecule has 0 amide bonds. The molecule has 0 heterocycles. The standard InChI is InChI=1S/C13H27NO2/c1-4-14-8-12(15)9-16-13-6-5-10(2)11(3)7-13/h10-15H,4-9H2,1-3H3. The van der Waals surface area contributed by atoms with Crippen molar-refractivity contribution in [3.8, 4) is 0 Å². The lowest BCUT2D eigenvalue weighted by Gasteiger charge is -2.32. The number of nitrogens with one attached hydrogen (secondary N) is 1. The molecule has 3 nitrogen and oxygen atoms in total. The van der Waals surface area contributed by atoms with E-state index in [9.17, 15) is 5.11 Å². The Labute approximate surface area is 99.6 Å². The van der Waals surface area contributed by atoms with E-state index in [1.54, 1.807) is 0 Å². The zero-order valence-electron chi connectivity index (χ0n) is 10.9. The van der Waals surface area contributed by atoms with Gasteiger partial charge in [-0.15, -0.1) is 0 Å². The van der Waals surface area contributed by atoms with Gasteiger partial charge in [-0.2, -0.15) is 0 Å². The summed E-state index contributed by atoms with van der Waals surface area (Å²) in [5.41, 5.74) is 0. The Morgan fingerprint density at radius 2 is 2.06 bits per heavy atom. The Hall–Kier alpha value is -0.120. The average molecular weight is 229 g/mol. The smallest absolute Gasteiger partial charge is 0.0897 e. The van der Waals surface area contributed by atoms with E-state index in [-0.39, 0.29) is 6.10 Å². The average Bonchev–Trinajstić information content (AvgIpc) is 2.28. The third-order valence-electron chi connectivity index (χ3n) is 3.70. The second kappa shape index (κ2) is 7.25. The monoisotopic (exact) mass is 229 g/mol. The largest absolute Gasteiger partial charge is 0.389 e. The van der Waals surface area contributed by atoms with Gasteiger partial charge >= 0.3 is 0 Å². The summed E-state index contributed by atoms with van der Waals surface area (Å²) in [6, 6.07) is 0. The van der Waals surface area contributed by atoms with Gasteiger partial charge in [0.25, 0.3) is 0 Å². The van der Waals surface area contributed by atoms with Crippen LogP contribution in [0.15, 0.2) is 0 Å². The molecule has 0 aromatic carbocycles. The molecule has 4 unspecified atom stereocenters. The maximum absolute atomic E-state index is 9.64. The fourth-order valence-electron chi connectivity index (χ4n) is 2.27. The van der Waals surface area contributed by atoms with Crippen LogP contribution in [-0.4, -0.2) is 37.0 Å². The number of hydrogen-bond acceptors (Lipinski definition) is 3. The molecule has 0 aromatic rings. The number of aliphatic hydroxyl groups excluding tert-OH is 1. The van der Waals surface area contributed by atoms with Crippen LogP contribution in [0.5, 0.6) is 0 Å². The Morgan fingerprint density at radius 3 is 2.69 bits per heavy atom. The molecule has 4 atom stereocenters. The van der Waals surface area contributed by atoms with Gasteiger partial charge < -0.3 is 15.2 Å². The summed E-state index contributed by atoms with van der Waals surface area (Å²) in [7, 11) is 0. The zero-order valence-corrected chi connectivity index (χ0v) is 10.9. The zero-order chi connectivity index (χ0) is 12.0. The van der Waals surface area contributed by atoms with E-state index in [4.69, 9.17) is 4.74 Å². The van der Waals surface area contributed by atoms with Gasteiger partial charge in [0.05, 0.1) is 18.8 Å². The maximum atomic E-state index is 9.64. The molecule has 0 spiro atoms. The summed E-state index contributed by atoms with van der Waals surface area (Å²) in [6.07, 6.45) is 3.56. The van der Waals surface area contributed by atoms with Crippen LogP contribution in [0, 0.1) is 11.8 Å². The summed E-state index contributed by atoms with van der Waals surface area (Å²) in [6.45, 7) is 8.66. The van der Waals surface area contributed by atoms with Gasteiger partial charge in [0.1, 0.15) is 0 Å². The van der Waals surface area contributed by atoms with Crippen molar-refractivity contribution in [3.63, 3.8) is 0 Å². The lowest BCUT2D eigenvalue weighted by atomic mass is 9.80. The van der Waals surface area contributed by atoms with Crippen LogP contribution in [0.25, 0.3) is 0 Å². The highest BCUT2D eigenvalue weighted by Gasteiger charge is 2.25. The van der Waals surface area contributed by atoms with Crippen molar-refractivity contribution >= 4 is 0 Å². The van der Waals surface area contributed by atoms with Crippen molar-refractivity contribution in [2.24, 2.45) is 11.8 Å². The molecule has 16 heavy (non-hydrogen) atoms. The molecule has 2 N–H and O–H groups in total. The molecule has 0 saturated heterocycles. The Balaban J connectivity index is 2.13. The minimum absolute atomic E-state index is 0.363. The SMILES string of the molecule is CCNCC(O)COC1CCC(C)C(C)C1. The summed E-state index contributed by atoms with van der Waals surface area (Å²) in [5, 5.41) is 12.8. The maximum Gasteiger partial charge on any atom is 0.0897 e. The van der Waals surface area contributed by atoms with Crippen LogP contribution in [0.4, 0.5) is 0 Å². The molecule has 0 aromatic heterocycles. The predicted octanol–water partition coefficient (Wildman–Crippen LogP) is 1.80. The second-order valence-electron chi connectivity index (χ2n) is 5.18.